The van der Waals surface area contributed by atoms with E-state index >= 15 is 0 Å². The zero-order chi connectivity index (χ0) is 21.5. The van der Waals surface area contributed by atoms with Gasteiger partial charge in [-0.2, -0.15) is 0 Å². The summed E-state index contributed by atoms with van der Waals surface area (Å²) in [5, 5.41) is 0. The summed E-state index contributed by atoms with van der Waals surface area (Å²) in [4.78, 5) is 33.0. The molecular weight excluding hydrogens is 383 g/mol. The van der Waals surface area contributed by atoms with E-state index in [2.05, 4.69) is 4.99 Å². The summed E-state index contributed by atoms with van der Waals surface area (Å²) in [6, 6.07) is 15.1. The van der Waals surface area contributed by atoms with Gasteiger partial charge in [0.05, 0.1) is 18.0 Å². The number of benzene rings is 2. The molecule has 0 unspecified atom stereocenters. The Bertz CT molecular complexity index is 947. The molecule has 1 aliphatic heterocycles. The van der Waals surface area contributed by atoms with Crippen LogP contribution in [0.3, 0.4) is 0 Å². The fraction of sp³-hybridized carbons (Fsp3) is 0.261. The number of halogens is 1. The summed E-state index contributed by atoms with van der Waals surface area (Å²) < 4.78 is 13.0. The Morgan fingerprint density at radius 2 is 1.63 bits per heavy atom. The molecule has 156 valence electrons. The van der Waals surface area contributed by atoms with Crippen molar-refractivity contribution in [2.75, 3.05) is 39.8 Å². The van der Waals surface area contributed by atoms with Crippen LogP contribution in [-0.4, -0.2) is 67.0 Å². The molecule has 0 bridgehead atoms. The Morgan fingerprint density at radius 1 is 1.00 bits per heavy atom. The van der Waals surface area contributed by atoms with Gasteiger partial charge in [-0.1, -0.05) is 30.3 Å². The van der Waals surface area contributed by atoms with E-state index in [0.717, 1.165) is 5.56 Å². The highest BCUT2D eigenvalue weighted by Gasteiger charge is 2.24. The highest BCUT2D eigenvalue weighted by atomic mass is 19.1. The van der Waals surface area contributed by atoms with Crippen molar-refractivity contribution in [3.8, 4) is 0 Å². The maximum atomic E-state index is 13.0. The topological polar surface area (TPSA) is 79.0 Å². The lowest BCUT2D eigenvalue weighted by molar-refractivity contribution is -0.128. The standard InChI is InChI=1S/C23H25FN4O2/c1-26-21(17-5-3-2-4-6-17)15-20(25)23(30)28-13-11-27(12-14-28)16-22(29)18-7-9-19(24)10-8-18/h2-10,15H,11-14,16,25H2,1H3. The molecule has 2 N–H and O–H groups in total. The maximum Gasteiger partial charge on any atom is 0.269 e. The first-order valence-corrected chi connectivity index (χ1v) is 9.77. The lowest BCUT2D eigenvalue weighted by Gasteiger charge is -2.34. The second-order valence-corrected chi connectivity index (χ2v) is 7.07. The summed E-state index contributed by atoms with van der Waals surface area (Å²) in [5.41, 5.74) is 8.20. The zero-order valence-corrected chi connectivity index (χ0v) is 16.9. The number of Topliss-reactive ketones (excluding diaryl/α,β-unsaturated/α-hetero) is 1. The largest absolute Gasteiger partial charge is 0.394 e. The second-order valence-electron chi connectivity index (χ2n) is 7.07. The van der Waals surface area contributed by atoms with Gasteiger partial charge in [0.15, 0.2) is 5.78 Å². The lowest BCUT2D eigenvalue weighted by Crippen LogP contribution is -2.50. The van der Waals surface area contributed by atoms with Gasteiger partial charge in [0.1, 0.15) is 5.82 Å². The smallest absolute Gasteiger partial charge is 0.269 e. The maximum absolute atomic E-state index is 13.0. The van der Waals surface area contributed by atoms with Crippen molar-refractivity contribution in [1.82, 2.24) is 9.80 Å². The van der Waals surface area contributed by atoms with Crippen LogP contribution >= 0.6 is 0 Å². The molecule has 0 saturated carbocycles. The molecule has 0 atom stereocenters. The summed E-state index contributed by atoms with van der Waals surface area (Å²) in [6.07, 6.45) is 1.60. The summed E-state index contributed by atoms with van der Waals surface area (Å²) in [7, 11) is 1.66. The molecule has 3 rings (SSSR count). The highest BCUT2D eigenvalue weighted by molar-refractivity contribution is 6.12. The average molecular weight is 408 g/mol. The Hall–Kier alpha value is -3.32. The van der Waals surface area contributed by atoms with Crippen LogP contribution in [0.2, 0.25) is 0 Å². The van der Waals surface area contributed by atoms with Crippen molar-refractivity contribution in [2.45, 2.75) is 0 Å². The third kappa shape index (κ3) is 5.39. The number of aliphatic imine (C=N–C) groups is 1. The third-order valence-electron chi connectivity index (χ3n) is 5.04. The van der Waals surface area contributed by atoms with Crippen LogP contribution in [0.5, 0.6) is 0 Å². The lowest BCUT2D eigenvalue weighted by atomic mass is 10.1. The SMILES string of the molecule is CN=C(C=C(N)C(=O)N1CCN(CC(=O)c2ccc(F)cc2)CC1)c1ccccc1. The Kier molecular flexibility index (Phi) is 7.08. The van der Waals surface area contributed by atoms with E-state index < -0.39 is 0 Å². The summed E-state index contributed by atoms with van der Waals surface area (Å²) in [5.74, 6) is -0.676. The van der Waals surface area contributed by atoms with Crippen LogP contribution in [0.4, 0.5) is 4.39 Å². The molecule has 0 spiro atoms. The van der Waals surface area contributed by atoms with Gasteiger partial charge >= 0.3 is 0 Å². The molecule has 1 saturated heterocycles. The van der Waals surface area contributed by atoms with Crippen molar-refractivity contribution >= 4 is 17.4 Å². The van der Waals surface area contributed by atoms with Crippen LogP contribution in [0, 0.1) is 5.82 Å². The molecule has 2 aromatic rings. The van der Waals surface area contributed by atoms with E-state index in [1.54, 1.807) is 18.0 Å². The number of rotatable bonds is 6. The van der Waals surface area contributed by atoms with Crippen molar-refractivity contribution in [1.29, 1.82) is 0 Å². The Balaban J connectivity index is 1.55. The molecule has 2 aromatic carbocycles. The average Bonchev–Trinajstić information content (AvgIpc) is 2.78. The number of carbonyl (C=O) groups excluding carboxylic acids is 2. The minimum absolute atomic E-state index is 0.0687. The van der Waals surface area contributed by atoms with Gasteiger partial charge < -0.3 is 10.6 Å². The van der Waals surface area contributed by atoms with E-state index in [0.29, 0.717) is 37.5 Å². The van der Waals surface area contributed by atoms with Crippen molar-refractivity contribution < 1.29 is 14.0 Å². The Labute approximate surface area is 175 Å². The van der Waals surface area contributed by atoms with Crippen LogP contribution in [0.1, 0.15) is 15.9 Å². The Morgan fingerprint density at radius 3 is 2.23 bits per heavy atom. The predicted octanol–water partition coefficient (Wildman–Crippen LogP) is 2.11. The number of allylic oxidation sites excluding steroid dienone is 1. The quantitative estimate of drug-likeness (QED) is 0.451. The van der Waals surface area contributed by atoms with Crippen molar-refractivity contribution in [3.63, 3.8) is 0 Å². The van der Waals surface area contributed by atoms with E-state index in [1.807, 2.05) is 35.2 Å². The molecule has 1 aliphatic rings. The van der Waals surface area contributed by atoms with Crippen LogP contribution in [0.25, 0.3) is 0 Å². The molecule has 0 radical (unpaired) electrons. The van der Waals surface area contributed by atoms with E-state index in [-0.39, 0.29) is 29.7 Å². The van der Waals surface area contributed by atoms with Crippen LogP contribution < -0.4 is 5.73 Å². The molecule has 0 aromatic heterocycles. The molecule has 6 nitrogen and oxygen atoms in total. The second kappa shape index (κ2) is 9.93. The number of amides is 1. The summed E-state index contributed by atoms with van der Waals surface area (Å²) in [6.45, 7) is 2.33. The van der Waals surface area contributed by atoms with Gasteiger partial charge in [0.25, 0.3) is 5.91 Å². The predicted molar refractivity (Wildman–Crippen MR) is 115 cm³/mol. The molecule has 1 fully saturated rings. The van der Waals surface area contributed by atoms with Crippen molar-refractivity contribution in [2.24, 2.45) is 10.7 Å². The third-order valence-corrected chi connectivity index (χ3v) is 5.04. The van der Waals surface area contributed by atoms with Gasteiger partial charge in [-0.3, -0.25) is 19.5 Å². The molecule has 0 aliphatic carbocycles. The fourth-order valence-electron chi connectivity index (χ4n) is 3.32. The van der Waals surface area contributed by atoms with Gasteiger partial charge in [0.2, 0.25) is 0 Å². The zero-order valence-electron chi connectivity index (χ0n) is 16.9. The van der Waals surface area contributed by atoms with Gasteiger partial charge in [-0.15, -0.1) is 0 Å². The summed E-state index contributed by atoms with van der Waals surface area (Å²) >= 11 is 0. The molecule has 30 heavy (non-hydrogen) atoms. The number of carbonyl (C=O) groups is 2. The number of hydrogen-bond acceptors (Lipinski definition) is 5. The monoisotopic (exact) mass is 408 g/mol. The highest BCUT2D eigenvalue weighted by Crippen LogP contribution is 2.10. The van der Waals surface area contributed by atoms with Gasteiger partial charge in [-0.25, -0.2) is 4.39 Å². The number of piperazine rings is 1. The molecular formula is C23H25FN4O2. The van der Waals surface area contributed by atoms with Crippen LogP contribution in [0.15, 0.2) is 71.4 Å². The number of nitrogens with zero attached hydrogens (tertiary/aromatic N) is 3. The molecule has 1 amide bonds. The minimum Gasteiger partial charge on any atom is -0.394 e. The van der Waals surface area contributed by atoms with Crippen molar-refractivity contribution in [3.05, 3.63) is 83.3 Å². The van der Waals surface area contributed by atoms with E-state index in [4.69, 9.17) is 5.73 Å². The van der Waals surface area contributed by atoms with E-state index in [1.165, 1.54) is 24.3 Å². The van der Waals surface area contributed by atoms with Gasteiger partial charge in [0, 0.05) is 38.8 Å². The normalized spacial score (nSPS) is 15.9. The minimum atomic E-state index is -0.368. The number of ketones is 1. The van der Waals surface area contributed by atoms with E-state index in [9.17, 15) is 14.0 Å². The molecule has 7 heteroatoms. The molecule has 1 heterocycles. The first kappa shape index (κ1) is 21.4. The first-order chi connectivity index (χ1) is 14.5. The number of nitrogens with two attached hydrogens (primary N) is 1. The van der Waals surface area contributed by atoms with Gasteiger partial charge in [-0.05, 0) is 35.9 Å². The van der Waals surface area contributed by atoms with Crippen LogP contribution in [-0.2, 0) is 4.79 Å². The first-order valence-electron chi connectivity index (χ1n) is 9.77. The fourth-order valence-corrected chi connectivity index (χ4v) is 3.32. The number of hydrogen-bond donors (Lipinski definition) is 1.